The number of carbonyl (C=O) groups is 2. The molecule has 1 saturated heterocycles. The summed E-state index contributed by atoms with van der Waals surface area (Å²) in [6.07, 6.45) is 5.30. The average molecular weight is 503 g/mol. The molecular weight excluding hydrogens is 470 g/mol. The molecule has 12 heteroatoms. The SMILES string of the molecule is CN(C)C1=CC(CCN2CC(F)(F)C2)NN1CCC(C=O)NC(=O)c1ncn(Cc2ccccc2)n1. The third-order valence-electron chi connectivity index (χ3n) is 6.14. The van der Waals surface area contributed by atoms with Crippen molar-refractivity contribution in [3.63, 3.8) is 0 Å². The lowest BCUT2D eigenvalue weighted by atomic mass is 10.1. The molecule has 2 aromatic rings. The molecule has 0 radical (unpaired) electrons. The Morgan fingerprint density at radius 1 is 1.28 bits per heavy atom. The van der Waals surface area contributed by atoms with Crippen LogP contribution in [0, 0.1) is 0 Å². The van der Waals surface area contributed by atoms with Crippen molar-refractivity contribution in [3.8, 4) is 0 Å². The van der Waals surface area contributed by atoms with Crippen LogP contribution in [-0.2, 0) is 11.3 Å². The van der Waals surface area contributed by atoms with E-state index in [1.807, 2.05) is 54.3 Å². The van der Waals surface area contributed by atoms with Gasteiger partial charge in [0.15, 0.2) is 0 Å². The van der Waals surface area contributed by atoms with Gasteiger partial charge in [-0.1, -0.05) is 30.3 Å². The lowest BCUT2D eigenvalue weighted by Crippen LogP contribution is -2.56. The number of carbonyl (C=O) groups excluding carboxylic acids is 2. The van der Waals surface area contributed by atoms with Gasteiger partial charge in [-0.25, -0.2) is 23.9 Å². The van der Waals surface area contributed by atoms with E-state index in [0.29, 0.717) is 38.8 Å². The molecule has 1 aromatic carbocycles. The smallest absolute Gasteiger partial charge is 0.291 e. The number of amides is 1. The molecule has 2 atom stereocenters. The molecule has 0 saturated carbocycles. The van der Waals surface area contributed by atoms with Crippen molar-refractivity contribution in [1.29, 1.82) is 0 Å². The van der Waals surface area contributed by atoms with E-state index in [1.54, 1.807) is 9.58 Å². The minimum atomic E-state index is -2.57. The maximum atomic E-state index is 13.1. The molecule has 10 nitrogen and oxygen atoms in total. The summed E-state index contributed by atoms with van der Waals surface area (Å²) in [5, 5.41) is 8.83. The third kappa shape index (κ3) is 6.64. The monoisotopic (exact) mass is 502 g/mol. The van der Waals surface area contributed by atoms with E-state index in [0.717, 1.165) is 11.4 Å². The maximum absolute atomic E-state index is 13.1. The average Bonchev–Trinajstić information content (AvgIpc) is 3.47. The highest BCUT2D eigenvalue weighted by Gasteiger charge is 2.43. The van der Waals surface area contributed by atoms with Crippen molar-refractivity contribution in [2.45, 2.75) is 37.4 Å². The Morgan fingerprint density at radius 2 is 2.03 bits per heavy atom. The van der Waals surface area contributed by atoms with Crippen molar-refractivity contribution in [2.75, 3.05) is 40.3 Å². The van der Waals surface area contributed by atoms with Gasteiger partial charge in [-0.15, -0.1) is 5.10 Å². The van der Waals surface area contributed by atoms with Gasteiger partial charge in [-0.05, 0) is 24.5 Å². The quantitative estimate of drug-likeness (QED) is 0.414. The summed E-state index contributed by atoms with van der Waals surface area (Å²) in [5.74, 6) is -2.15. The summed E-state index contributed by atoms with van der Waals surface area (Å²) in [7, 11) is 3.82. The van der Waals surface area contributed by atoms with Crippen LogP contribution in [0.4, 0.5) is 8.78 Å². The molecule has 0 aliphatic carbocycles. The van der Waals surface area contributed by atoms with Crippen molar-refractivity contribution in [2.24, 2.45) is 0 Å². The van der Waals surface area contributed by atoms with Gasteiger partial charge >= 0.3 is 0 Å². The van der Waals surface area contributed by atoms with Crippen LogP contribution in [0.15, 0.2) is 48.6 Å². The van der Waals surface area contributed by atoms with Gasteiger partial charge in [0, 0.05) is 33.2 Å². The topological polar surface area (TPSA) is 98.6 Å². The summed E-state index contributed by atoms with van der Waals surface area (Å²) in [5.41, 5.74) is 4.40. The first-order chi connectivity index (χ1) is 17.2. The van der Waals surface area contributed by atoms with Gasteiger partial charge in [0.05, 0.1) is 25.7 Å². The molecule has 2 N–H and O–H groups in total. The number of aromatic nitrogens is 3. The van der Waals surface area contributed by atoms with E-state index in [-0.39, 0.29) is 25.0 Å². The van der Waals surface area contributed by atoms with Gasteiger partial charge in [0.1, 0.15) is 18.4 Å². The largest absolute Gasteiger partial charge is 0.364 e. The van der Waals surface area contributed by atoms with E-state index in [1.165, 1.54) is 6.33 Å². The Labute approximate surface area is 208 Å². The van der Waals surface area contributed by atoms with E-state index < -0.39 is 17.9 Å². The number of hydrazine groups is 1. The van der Waals surface area contributed by atoms with Gasteiger partial charge in [-0.2, -0.15) is 0 Å². The van der Waals surface area contributed by atoms with Crippen LogP contribution in [0.2, 0.25) is 0 Å². The number of nitrogens with zero attached hydrogens (tertiary/aromatic N) is 6. The summed E-state index contributed by atoms with van der Waals surface area (Å²) in [4.78, 5) is 32.1. The van der Waals surface area contributed by atoms with Crippen molar-refractivity contribution in [1.82, 2.24) is 40.3 Å². The number of aldehydes is 1. The van der Waals surface area contributed by atoms with Crippen molar-refractivity contribution in [3.05, 3.63) is 59.9 Å². The van der Waals surface area contributed by atoms with Crippen LogP contribution in [-0.4, -0.2) is 100 Å². The number of benzene rings is 1. The number of hydrogen-bond donors (Lipinski definition) is 2. The number of alkyl halides is 2. The highest BCUT2D eigenvalue weighted by Crippen LogP contribution is 2.27. The first-order valence-electron chi connectivity index (χ1n) is 11.9. The Kier molecular flexibility index (Phi) is 7.94. The standard InChI is InChI=1S/C24H32F2N8O2/c1-31(2)21-12-19(8-10-32-15-24(25,26)16-32)29-34(21)11-9-20(14-35)28-23(36)22-27-17-33(30-22)13-18-6-4-3-5-7-18/h3-7,12,14,17,19-20,29H,8-11,13,15-16H2,1-2H3,(H,28,36). The number of hydrogen-bond acceptors (Lipinski definition) is 8. The molecule has 4 rings (SSSR count). The molecule has 1 amide bonds. The lowest BCUT2D eigenvalue weighted by molar-refractivity contribution is -0.130. The molecule has 36 heavy (non-hydrogen) atoms. The molecule has 3 heterocycles. The second-order valence-corrected chi connectivity index (χ2v) is 9.42. The maximum Gasteiger partial charge on any atom is 0.291 e. The first kappa shape index (κ1) is 25.7. The predicted molar refractivity (Wildman–Crippen MR) is 129 cm³/mol. The number of likely N-dealkylation sites (tertiary alicyclic amines) is 1. The Morgan fingerprint density at radius 3 is 2.69 bits per heavy atom. The summed E-state index contributed by atoms with van der Waals surface area (Å²) in [6.45, 7) is 1.15. The fourth-order valence-electron chi connectivity index (χ4n) is 4.30. The summed E-state index contributed by atoms with van der Waals surface area (Å²) in [6, 6.07) is 8.98. The number of rotatable bonds is 12. The molecule has 1 aromatic heterocycles. The minimum absolute atomic E-state index is 0.00123. The minimum Gasteiger partial charge on any atom is -0.364 e. The molecular formula is C24H32F2N8O2. The van der Waals surface area contributed by atoms with Crippen molar-refractivity contribution < 1.29 is 18.4 Å². The van der Waals surface area contributed by atoms with E-state index in [2.05, 4.69) is 26.9 Å². The van der Waals surface area contributed by atoms with Gasteiger partial charge in [0.25, 0.3) is 11.8 Å². The normalized spacial score (nSPS) is 19.9. The summed E-state index contributed by atoms with van der Waals surface area (Å²) >= 11 is 0. The Hall–Kier alpha value is -3.38. The van der Waals surface area contributed by atoms with E-state index in [9.17, 15) is 18.4 Å². The fraction of sp³-hybridized carbons (Fsp3) is 0.500. The zero-order chi connectivity index (χ0) is 25.7. The Balaban J connectivity index is 1.25. The van der Waals surface area contributed by atoms with Gasteiger partial charge < -0.3 is 15.0 Å². The third-order valence-corrected chi connectivity index (χ3v) is 6.14. The molecule has 0 spiro atoms. The van der Waals surface area contributed by atoms with Crippen LogP contribution in [0.25, 0.3) is 0 Å². The van der Waals surface area contributed by atoms with Crippen LogP contribution in [0.5, 0.6) is 0 Å². The second kappa shape index (κ2) is 11.1. The molecule has 2 unspecified atom stereocenters. The predicted octanol–water partition coefficient (Wildman–Crippen LogP) is 0.947. The molecule has 0 bridgehead atoms. The molecule has 2 aliphatic heterocycles. The lowest BCUT2D eigenvalue weighted by Gasteiger charge is -2.39. The highest BCUT2D eigenvalue weighted by atomic mass is 19.3. The Bertz CT molecular complexity index is 1070. The fourth-order valence-corrected chi connectivity index (χ4v) is 4.30. The second-order valence-electron chi connectivity index (χ2n) is 9.42. The first-order valence-corrected chi connectivity index (χ1v) is 11.9. The zero-order valence-electron chi connectivity index (χ0n) is 20.5. The number of halogens is 2. The van der Waals surface area contributed by atoms with E-state index in [4.69, 9.17) is 0 Å². The van der Waals surface area contributed by atoms with Crippen LogP contribution < -0.4 is 10.7 Å². The van der Waals surface area contributed by atoms with Crippen LogP contribution >= 0.6 is 0 Å². The molecule has 194 valence electrons. The van der Waals surface area contributed by atoms with Gasteiger partial charge in [0.2, 0.25) is 5.82 Å². The molecule has 2 aliphatic rings. The highest BCUT2D eigenvalue weighted by molar-refractivity contribution is 5.92. The van der Waals surface area contributed by atoms with Crippen molar-refractivity contribution >= 4 is 12.2 Å². The number of nitrogens with one attached hydrogen (secondary N) is 2. The zero-order valence-corrected chi connectivity index (χ0v) is 20.5. The van der Waals surface area contributed by atoms with E-state index >= 15 is 0 Å². The van der Waals surface area contributed by atoms with Crippen LogP contribution in [0.3, 0.4) is 0 Å². The summed E-state index contributed by atoms with van der Waals surface area (Å²) < 4.78 is 27.7. The van der Waals surface area contributed by atoms with Gasteiger partial charge in [-0.3, -0.25) is 14.7 Å². The van der Waals surface area contributed by atoms with Crippen LogP contribution in [0.1, 0.15) is 29.0 Å². The molecule has 1 fully saturated rings.